The minimum Gasteiger partial charge on any atom is -0.548 e. The van der Waals surface area contributed by atoms with E-state index in [0.29, 0.717) is 10.6 Å². The van der Waals surface area contributed by atoms with Gasteiger partial charge in [-0.2, -0.15) is 0 Å². The van der Waals surface area contributed by atoms with Gasteiger partial charge in [0.1, 0.15) is 4.99 Å². The summed E-state index contributed by atoms with van der Waals surface area (Å²) >= 11 is 5.21. The minimum absolute atomic E-state index is 0. The van der Waals surface area contributed by atoms with Crippen molar-refractivity contribution in [3.8, 4) is 0 Å². The fourth-order valence-corrected chi connectivity index (χ4v) is 1.98. The van der Waals surface area contributed by atoms with Crippen LogP contribution >= 0.6 is 12.2 Å². The predicted molar refractivity (Wildman–Crippen MR) is 75.5 cm³/mol. The van der Waals surface area contributed by atoms with Gasteiger partial charge in [0.25, 0.3) is 0 Å². The van der Waals surface area contributed by atoms with Gasteiger partial charge in [0.2, 0.25) is 0 Å². The standard InChI is InChI=1S/C15H13NO2S.K/c17-15(18)13(11-7-3-1-4-8-11)16-14(19)12-9-5-2-6-10-12;/h1-10,13H,(H,16,19)(H,17,18);/q;+1/p-1. The third kappa shape index (κ3) is 4.77. The zero-order valence-corrected chi connectivity index (χ0v) is 15.0. The van der Waals surface area contributed by atoms with Crippen LogP contribution in [-0.2, 0) is 4.79 Å². The Morgan fingerprint density at radius 3 is 2.00 bits per heavy atom. The zero-order chi connectivity index (χ0) is 13.7. The molecule has 0 fully saturated rings. The Morgan fingerprint density at radius 2 is 1.50 bits per heavy atom. The average molecular weight is 309 g/mol. The quantitative estimate of drug-likeness (QED) is 0.549. The summed E-state index contributed by atoms with van der Waals surface area (Å²) in [5, 5.41) is 14.1. The summed E-state index contributed by atoms with van der Waals surface area (Å²) in [6.07, 6.45) is 0. The molecule has 0 bridgehead atoms. The number of rotatable bonds is 4. The summed E-state index contributed by atoms with van der Waals surface area (Å²) in [5.41, 5.74) is 1.39. The maximum absolute atomic E-state index is 11.2. The molecule has 1 N–H and O–H groups in total. The van der Waals surface area contributed by atoms with Gasteiger partial charge in [0.05, 0.1) is 12.0 Å². The van der Waals surface area contributed by atoms with Gasteiger partial charge < -0.3 is 15.2 Å². The van der Waals surface area contributed by atoms with Crippen molar-refractivity contribution in [2.24, 2.45) is 0 Å². The molecule has 96 valence electrons. The van der Waals surface area contributed by atoms with Crippen molar-refractivity contribution in [1.82, 2.24) is 5.32 Å². The van der Waals surface area contributed by atoms with Crippen LogP contribution in [0.3, 0.4) is 0 Å². The Morgan fingerprint density at radius 1 is 1.00 bits per heavy atom. The van der Waals surface area contributed by atoms with Crippen molar-refractivity contribution in [2.45, 2.75) is 6.04 Å². The van der Waals surface area contributed by atoms with Gasteiger partial charge in [-0.3, -0.25) is 0 Å². The summed E-state index contributed by atoms with van der Waals surface area (Å²) in [5.74, 6) is -1.20. The van der Waals surface area contributed by atoms with Gasteiger partial charge >= 0.3 is 51.4 Å². The third-order valence-electron chi connectivity index (χ3n) is 2.68. The van der Waals surface area contributed by atoms with Crippen LogP contribution in [0.25, 0.3) is 0 Å². The van der Waals surface area contributed by atoms with Gasteiger partial charge in [0, 0.05) is 5.56 Å². The smallest absolute Gasteiger partial charge is 0.548 e. The second kappa shape index (κ2) is 8.66. The number of thiocarbonyl (C=S) groups is 1. The Kier molecular flexibility index (Phi) is 7.57. The van der Waals surface area contributed by atoms with Crippen molar-refractivity contribution in [3.05, 3.63) is 71.8 Å². The van der Waals surface area contributed by atoms with Crippen LogP contribution in [0.15, 0.2) is 60.7 Å². The number of hydrogen-bond acceptors (Lipinski definition) is 3. The van der Waals surface area contributed by atoms with Crippen LogP contribution < -0.4 is 61.8 Å². The average Bonchev–Trinajstić information content (AvgIpc) is 2.46. The van der Waals surface area contributed by atoms with Crippen LogP contribution in [0.4, 0.5) is 0 Å². The molecule has 0 saturated carbocycles. The van der Waals surface area contributed by atoms with Gasteiger partial charge in [-0.25, -0.2) is 0 Å². The Hall–Kier alpha value is -0.564. The molecule has 2 aromatic rings. The van der Waals surface area contributed by atoms with E-state index in [1.165, 1.54) is 0 Å². The molecular weight excluding hydrogens is 297 g/mol. The van der Waals surface area contributed by atoms with Gasteiger partial charge in [-0.15, -0.1) is 0 Å². The zero-order valence-electron chi connectivity index (χ0n) is 11.1. The maximum atomic E-state index is 11.2. The maximum Gasteiger partial charge on any atom is 1.00 e. The van der Waals surface area contributed by atoms with Crippen molar-refractivity contribution in [2.75, 3.05) is 0 Å². The molecule has 0 aromatic heterocycles. The molecule has 20 heavy (non-hydrogen) atoms. The van der Waals surface area contributed by atoms with Gasteiger partial charge in [0.15, 0.2) is 0 Å². The number of hydrogen-bond donors (Lipinski definition) is 1. The Bertz CT molecular complexity index is 575. The van der Waals surface area contributed by atoms with Crippen molar-refractivity contribution < 1.29 is 61.3 Å². The van der Waals surface area contributed by atoms with E-state index in [9.17, 15) is 9.90 Å². The Labute approximate surface area is 165 Å². The first-order chi connectivity index (χ1) is 9.18. The van der Waals surface area contributed by atoms with E-state index in [-0.39, 0.29) is 51.4 Å². The largest absolute Gasteiger partial charge is 1.00 e. The Balaban J connectivity index is 0.00000200. The number of benzene rings is 2. The first-order valence-corrected chi connectivity index (χ1v) is 6.21. The molecule has 0 heterocycles. The molecule has 0 saturated heterocycles. The summed E-state index contributed by atoms with van der Waals surface area (Å²) in [4.78, 5) is 11.6. The molecule has 0 radical (unpaired) electrons. The minimum atomic E-state index is -1.20. The van der Waals surface area contributed by atoms with Crippen molar-refractivity contribution in [3.63, 3.8) is 0 Å². The normalized spacial score (nSPS) is 11.0. The number of nitrogens with one attached hydrogen (secondary N) is 1. The summed E-state index contributed by atoms with van der Waals surface area (Å²) in [7, 11) is 0. The van der Waals surface area contributed by atoms with Crippen molar-refractivity contribution in [1.29, 1.82) is 0 Å². The molecule has 3 nitrogen and oxygen atoms in total. The van der Waals surface area contributed by atoms with Crippen LogP contribution in [0.1, 0.15) is 17.2 Å². The molecule has 2 aromatic carbocycles. The van der Waals surface area contributed by atoms with E-state index in [1.54, 1.807) is 24.3 Å². The second-order valence-electron chi connectivity index (χ2n) is 4.00. The third-order valence-corrected chi connectivity index (χ3v) is 3.03. The van der Waals surface area contributed by atoms with Crippen molar-refractivity contribution >= 4 is 23.2 Å². The number of aliphatic carboxylic acids is 1. The van der Waals surface area contributed by atoms with Gasteiger partial charge in [-0.1, -0.05) is 72.9 Å². The monoisotopic (exact) mass is 309 g/mol. The molecule has 1 unspecified atom stereocenters. The molecule has 5 heteroatoms. The predicted octanol–water partition coefficient (Wildman–Crippen LogP) is -1.55. The molecule has 0 aliphatic carbocycles. The van der Waals surface area contributed by atoms with E-state index in [4.69, 9.17) is 12.2 Å². The summed E-state index contributed by atoms with van der Waals surface area (Å²) in [6.45, 7) is 0. The molecule has 0 aliphatic rings. The van der Waals surface area contributed by atoms with E-state index in [1.807, 2.05) is 36.4 Å². The van der Waals surface area contributed by atoms with Gasteiger partial charge in [-0.05, 0) is 5.56 Å². The van der Waals surface area contributed by atoms with E-state index in [0.717, 1.165) is 5.56 Å². The number of carboxylic acid groups (broad SMARTS) is 1. The fraction of sp³-hybridized carbons (Fsp3) is 0.0667. The second-order valence-corrected chi connectivity index (χ2v) is 4.41. The van der Waals surface area contributed by atoms with Crippen LogP contribution in [0.2, 0.25) is 0 Å². The number of carboxylic acids is 1. The fourth-order valence-electron chi connectivity index (χ4n) is 1.73. The molecule has 1 atom stereocenters. The molecular formula is C15H12KNO2S. The first-order valence-electron chi connectivity index (χ1n) is 5.80. The van der Waals surface area contributed by atoms with Crippen LogP contribution in [0.5, 0.6) is 0 Å². The molecule has 0 amide bonds. The summed E-state index contributed by atoms with van der Waals surface area (Å²) < 4.78 is 0. The topological polar surface area (TPSA) is 52.2 Å². The van der Waals surface area contributed by atoms with E-state index in [2.05, 4.69) is 5.32 Å². The van der Waals surface area contributed by atoms with E-state index >= 15 is 0 Å². The van der Waals surface area contributed by atoms with Crippen LogP contribution in [0, 0.1) is 0 Å². The molecule has 0 spiro atoms. The summed E-state index contributed by atoms with van der Waals surface area (Å²) in [6, 6.07) is 17.1. The number of carbonyl (C=O) groups is 1. The first kappa shape index (κ1) is 17.5. The van der Waals surface area contributed by atoms with Crippen LogP contribution in [-0.4, -0.2) is 11.0 Å². The van der Waals surface area contributed by atoms with E-state index < -0.39 is 12.0 Å². The molecule has 0 aliphatic heterocycles. The SMILES string of the molecule is O=C([O-])C(NC(=S)c1ccccc1)c1ccccc1.[K+]. The number of carbonyl (C=O) groups excluding carboxylic acids is 1. The molecule has 2 rings (SSSR count).